The van der Waals surface area contributed by atoms with E-state index in [0.29, 0.717) is 0 Å². The first kappa shape index (κ1) is 11.0. The topological polar surface area (TPSA) is 51.5 Å². The van der Waals surface area contributed by atoms with Crippen LogP contribution in [0.3, 0.4) is 0 Å². The molecule has 1 spiro atoms. The highest BCUT2D eigenvalue weighted by Crippen LogP contribution is 2.51. The lowest BCUT2D eigenvalue weighted by Crippen LogP contribution is -2.35. The summed E-state index contributed by atoms with van der Waals surface area (Å²) in [5.74, 6) is -0.337. The van der Waals surface area contributed by atoms with Crippen LogP contribution in [-0.4, -0.2) is 30.2 Å². The third-order valence-corrected chi connectivity index (χ3v) is 4.68. The monoisotopic (exact) mass is 247 g/mol. The van der Waals surface area contributed by atoms with E-state index in [4.69, 9.17) is 19.5 Å². The smallest absolute Gasteiger partial charge is 0.169 e. The molecule has 1 saturated carbocycles. The molecule has 0 unspecified atom stereocenters. The van der Waals surface area contributed by atoms with Gasteiger partial charge in [-0.3, -0.25) is 0 Å². The van der Waals surface area contributed by atoms with Crippen LogP contribution in [0.25, 0.3) is 0 Å². The van der Waals surface area contributed by atoms with Crippen LogP contribution < -0.4 is 0 Å². The quantitative estimate of drug-likeness (QED) is 0.615. The van der Waals surface area contributed by atoms with Crippen molar-refractivity contribution >= 4 is 0 Å². The Hall–Kier alpha value is -0.890. The van der Waals surface area contributed by atoms with Crippen molar-refractivity contribution in [2.75, 3.05) is 0 Å². The van der Waals surface area contributed by atoms with Crippen molar-refractivity contribution < 1.29 is 14.2 Å². The van der Waals surface area contributed by atoms with E-state index in [2.05, 4.69) is 6.07 Å². The van der Waals surface area contributed by atoms with Gasteiger partial charge >= 0.3 is 0 Å². The molecule has 3 saturated heterocycles. The summed E-state index contributed by atoms with van der Waals surface area (Å²) in [4.78, 5) is 0. The van der Waals surface area contributed by atoms with E-state index < -0.39 is 0 Å². The molecule has 2 bridgehead atoms. The second-order valence-corrected chi connectivity index (χ2v) is 5.78. The minimum absolute atomic E-state index is 0.0152. The molecule has 0 amide bonds. The number of nitrogens with zero attached hydrogens (tertiary/aromatic N) is 1. The van der Waals surface area contributed by atoms with Gasteiger partial charge in [0.1, 0.15) is 18.3 Å². The van der Waals surface area contributed by atoms with Gasteiger partial charge in [-0.1, -0.05) is 6.42 Å². The molecule has 4 nitrogen and oxygen atoms in total. The Morgan fingerprint density at radius 2 is 1.94 bits per heavy atom. The van der Waals surface area contributed by atoms with E-state index in [-0.39, 0.29) is 30.2 Å². The third kappa shape index (κ3) is 1.41. The highest BCUT2D eigenvalue weighted by Gasteiger charge is 2.62. The van der Waals surface area contributed by atoms with Crippen LogP contribution in [0.15, 0.2) is 11.6 Å². The van der Waals surface area contributed by atoms with Crippen molar-refractivity contribution in [2.24, 2.45) is 0 Å². The van der Waals surface area contributed by atoms with Gasteiger partial charge in [-0.15, -0.1) is 0 Å². The van der Waals surface area contributed by atoms with Crippen molar-refractivity contribution in [1.29, 1.82) is 5.26 Å². The van der Waals surface area contributed by atoms with Gasteiger partial charge in [-0.25, -0.2) is 0 Å². The standard InChI is InChI=1S/C14H17NO3/c15-7-4-9-8-10-12-13(11(9)16-10)18-14(17-12)5-2-1-3-6-14/h4,10-13H,1-3,5-6,8H2/b9-4+/t10-,11+,12-,13+/m1/s1. The number of hydrogen-bond acceptors (Lipinski definition) is 4. The molecule has 18 heavy (non-hydrogen) atoms. The molecule has 0 aromatic carbocycles. The average Bonchev–Trinajstić information content (AvgIpc) is 3.00. The maximum Gasteiger partial charge on any atom is 0.169 e. The minimum Gasteiger partial charge on any atom is -0.365 e. The van der Waals surface area contributed by atoms with Crippen molar-refractivity contribution in [3.63, 3.8) is 0 Å². The van der Waals surface area contributed by atoms with Gasteiger partial charge in [-0.2, -0.15) is 5.26 Å². The van der Waals surface area contributed by atoms with Crippen LogP contribution in [0, 0.1) is 11.3 Å². The molecular weight excluding hydrogens is 230 g/mol. The Morgan fingerprint density at radius 1 is 1.17 bits per heavy atom. The Kier molecular flexibility index (Phi) is 2.32. The van der Waals surface area contributed by atoms with E-state index >= 15 is 0 Å². The zero-order chi connectivity index (χ0) is 12.2. The van der Waals surface area contributed by atoms with Gasteiger partial charge in [0, 0.05) is 25.3 Å². The summed E-state index contributed by atoms with van der Waals surface area (Å²) in [5, 5.41) is 8.78. The van der Waals surface area contributed by atoms with Crippen LogP contribution >= 0.6 is 0 Å². The maximum atomic E-state index is 8.78. The van der Waals surface area contributed by atoms with Crippen LogP contribution in [0.2, 0.25) is 0 Å². The molecule has 0 N–H and O–H groups in total. The molecule has 3 heterocycles. The molecule has 4 heteroatoms. The Labute approximate surface area is 107 Å². The van der Waals surface area contributed by atoms with Gasteiger partial charge in [0.2, 0.25) is 0 Å². The fourth-order valence-corrected chi connectivity index (χ4v) is 3.88. The second kappa shape index (κ2) is 3.80. The Balaban J connectivity index is 1.58. The van der Waals surface area contributed by atoms with Gasteiger partial charge in [0.05, 0.1) is 12.2 Å². The van der Waals surface area contributed by atoms with Crippen molar-refractivity contribution in [1.82, 2.24) is 0 Å². The fraction of sp³-hybridized carbons (Fsp3) is 0.786. The molecule has 4 aliphatic rings. The lowest BCUT2D eigenvalue weighted by molar-refractivity contribution is -0.215. The fourth-order valence-electron chi connectivity index (χ4n) is 3.88. The van der Waals surface area contributed by atoms with Crippen molar-refractivity contribution in [3.8, 4) is 6.07 Å². The van der Waals surface area contributed by atoms with Gasteiger partial charge in [-0.05, 0) is 18.4 Å². The predicted molar refractivity (Wildman–Crippen MR) is 62.5 cm³/mol. The van der Waals surface area contributed by atoms with Crippen molar-refractivity contribution in [2.45, 2.75) is 68.7 Å². The average molecular weight is 247 g/mol. The molecule has 0 aromatic rings. The largest absolute Gasteiger partial charge is 0.365 e. The number of nitriles is 1. The Bertz CT molecular complexity index is 433. The first-order valence-corrected chi connectivity index (χ1v) is 6.91. The Morgan fingerprint density at radius 3 is 2.72 bits per heavy atom. The van der Waals surface area contributed by atoms with E-state index in [1.807, 2.05) is 0 Å². The van der Waals surface area contributed by atoms with E-state index in [9.17, 15) is 0 Å². The van der Waals surface area contributed by atoms with E-state index in [0.717, 1.165) is 24.8 Å². The molecule has 1 aliphatic carbocycles. The lowest BCUT2D eigenvalue weighted by Gasteiger charge is -2.33. The number of rotatable bonds is 0. The van der Waals surface area contributed by atoms with Crippen LogP contribution in [-0.2, 0) is 14.2 Å². The van der Waals surface area contributed by atoms with Gasteiger partial charge in [0.25, 0.3) is 0 Å². The molecule has 4 atom stereocenters. The molecular formula is C14H17NO3. The van der Waals surface area contributed by atoms with E-state index in [1.165, 1.54) is 19.3 Å². The summed E-state index contributed by atoms with van der Waals surface area (Å²) in [6.07, 6.45) is 8.30. The second-order valence-electron chi connectivity index (χ2n) is 5.78. The summed E-state index contributed by atoms with van der Waals surface area (Å²) >= 11 is 0. The summed E-state index contributed by atoms with van der Waals surface area (Å²) in [5.41, 5.74) is 1.08. The molecule has 4 rings (SSSR count). The number of allylic oxidation sites excluding steroid dienone is 1. The van der Waals surface area contributed by atoms with E-state index in [1.54, 1.807) is 6.08 Å². The van der Waals surface area contributed by atoms with Gasteiger partial charge < -0.3 is 14.2 Å². The predicted octanol–water partition coefficient (Wildman–Crippen LogP) is 2.05. The van der Waals surface area contributed by atoms with Crippen LogP contribution in [0.4, 0.5) is 0 Å². The zero-order valence-corrected chi connectivity index (χ0v) is 10.3. The normalized spacial score (nSPS) is 46.5. The highest BCUT2D eigenvalue weighted by molar-refractivity contribution is 5.29. The molecule has 96 valence electrons. The SMILES string of the molecule is N#C/C=C1\C[C@H]2O[C@@H]1[C@@H]1OC3(CCCCC3)O[C@@H]12. The summed E-state index contributed by atoms with van der Waals surface area (Å²) in [7, 11) is 0. The maximum absolute atomic E-state index is 8.78. The number of hydrogen-bond donors (Lipinski definition) is 0. The first-order chi connectivity index (χ1) is 8.81. The highest BCUT2D eigenvalue weighted by atomic mass is 16.8. The number of fused-ring (bicyclic) bond motifs is 5. The van der Waals surface area contributed by atoms with Gasteiger partial charge in [0.15, 0.2) is 5.79 Å². The van der Waals surface area contributed by atoms with Crippen LogP contribution in [0.5, 0.6) is 0 Å². The third-order valence-electron chi connectivity index (χ3n) is 4.68. The minimum atomic E-state index is -0.337. The molecule has 4 fully saturated rings. The first-order valence-electron chi connectivity index (χ1n) is 6.91. The van der Waals surface area contributed by atoms with Crippen molar-refractivity contribution in [3.05, 3.63) is 11.6 Å². The zero-order valence-electron chi connectivity index (χ0n) is 10.3. The molecule has 0 aromatic heterocycles. The number of ether oxygens (including phenoxy) is 3. The summed E-state index contributed by atoms with van der Waals surface area (Å²) in [6.45, 7) is 0. The lowest BCUT2D eigenvalue weighted by atomic mass is 9.90. The molecule has 3 aliphatic heterocycles. The molecule has 0 radical (unpaired) electrons. The summed E-state index contributed by atoms with van der Waals surface area (Å²) < 4.78 is 18.3. The van der Waals surface area contributed by atoms with Crippen LogP contribution in [0.1, 0.15) is 38.5 Å². The summed E-state index contributed by atoms with van der Waals surface area (Å²) in [6, 6.07) is 2.11.